The van der Waals surface area contributed by atoms with Crippen LogP contribution in [0.25, 0.3) is 0 Å². The van der Waals surface area contributed by atoms with Gasteiger partial charge in [0.15, 0.2) is 6.29 Å². The van der Waals surface area contributed by atoms with Crippen LogP contribution in [-0.4, -0.2) is 50.0 Å². The predicted octanol–water partition coefficient (Wildman–Crippen LogP) is 1.34. The van der Waals surface area contributed by atoms with E-state index in [2.05, 4.69) is 0 Å². The van der Waals surface area contributed by atoms with Crippen LogP contribution < -0.4 is 0 Å². The van der Waals surface area contributed by atoms with E-state index in [4.69, 9.17) is 18.9 Å². The number of ether oxygens (including phenoxy) is 4. The lowest BCUT2D eigenvalue weighted by atomic mass is 9.99. The molecule has 1 N–H and O–H groups in total. The number of benzene rings is 1. The monoisotopic (exact) mass is 282 g/mol. The maximum atomic E-state index is 10.2. The molecule has 5 nitrogen and oxygen atoms in total. The van der Waals surface area contributed by atoms with Crippen LogP contribution in [0.5, 0.6) is 0 Å². The lowest BCUT2D eigenvalue weighted by Crippen LogP contribution is -2.58. The van der Waals surface area contributed by atoms with Crippen molar-refractivity contribution in [1.82, 2.24) is 0 Å². The number of hydrogen-bond donors (Lipinski definition) is 1. The molecule has 1 aromatic rings. The zero-order valence-corrected chi connectivity index (χ0v) is 12.1. The maximum absolute atomic E-state index is 10.2. The van der Waals surface area contributed by atoms with Crippen molar-refractivity contribution in [2.45, 2.75) is 44.2 Å². The topological polar surface area (TPSA) is 57.2 Å². The molecule has 0 amide bonds. The molecule has 0 radical (unpaired) electrons. The minimum Gasteiger partial charge on any atom is -0.388 e. The van der Waals surface area contributed by atoms with Crippen molar-refractivity contribution in [3.63, 3.8) is 0 Å². The molecule has 0 aliphatic carbocycles. The molecule has 0 saturated carbocycles. The third kappa shape index (κ3) is 3.37. The Morgan fingerprint density at radius 3 is 2.40 bits per heavy atom. The normalized spacial score (nSPS) is 34.1. The Hall–Kier alpha value is -0.980. The minimum absolute atomic E-state index is 0.368. The van der Waals surface area contributed by atoms with Gasteiger partial charge in [-0.2, -0.15) is 0 Å². The Labute approximate surface area is 119 Å². The first-order chi connectivity index (χ1) is 9.67. The van der Waals surface area contributed by atoms with Gasteiger partial charge in [-0.05, 0) is 12.5 Å². The van der Waals surface area contributed by atoms with E-state index < -0.39 is 24.6 Å². The highest BCUT2D eigenvalue weighted by Gasteiger charge is 2.44. The lowest BCUT2D eigenvalue weighted by Gasteiger charge is -2.42. The van der Waals surface area contributed by atoms with Gasteiger partial charge in [-0.1, -0.05) is 30.3 Å². The second kappa shape index (κ2) is 7.15. The van der Waals surface area contributed by atoms with Gasteiger partial charge < -0.3 is 24.1 Å². The number of rotatable bonds is 5. The van der Waals surface area contributed by atoms with Crippen LogP contribution in [-0.2, 0) is 25.6 Å². The second-order valence-corrected chi connectivity index (χ2v) is 4.90. The van der Waals surface area contributed by atoms with Crippen molar-refractivity contribution >= 4 is 0 Å². The van der Waals surface area contributed by atoms with Gasteiger partial charge in [0.1, 0.15) is 18.3 Å². The summed E-state index contributed by atoms with van der Waals surface area (Å²) < 4.78 is 22.0. The molecule has 20 heavy (non-hydrogen) atoms. The minimum atomic E-state index is -0.755. The van der Waals surface area contributed by atoms with Crippen LogP contribution >= 0.6 is 0 Å². The number of hydrogen-bond acceptors (Lipinski definition) is 5. The number of aliphatic hydroxyl groups is 1. The van der Waals surface area contributed by atoms with Gasteiger partial charge in [0.25, 0.3) is 0 Å². The van der Waals surface area contributed by atoms with E-state index in [1.165, 1.54) is 0 Å². The highest BCUT2D eigenvalue weighted by Crippen LogP contribution is 2.26. The highest BCUT2D eigenvalue weighted by atomic mass is 16.7. The van der Waals surface area contributed by atoms with Crippen molar-refractivity contribution in [3.8, 4) is 0 Å². The summed E-state index contributed by atoms with van der Waals surface area (Å²) in [6, 6.07) is 9.81. The molecular formula is C15H22O5. The van der Waals surface area contributed by atoms with Crippen LogP contribution in [0, 0.1) is 0 Å². The summed E-state index contributed by atoms with van der Waals surface area (Å²) in [7, 11) is 3.11. The quantitative estimate of drug-likeness (QED) is 0.883. The van der Waals surface area contributed by atoms with Crippen molar-refractivity contribution in [2.24, 2.45) is 0 Å². The van der Waals surface area contributed by atoms with Crippen LogP contribution in [0.1, 0.15) is 12.5 Å². The largest absolute Gasteiger partial charge is 0.388 e. The summed E-state index contributed by atoms with van der Waals surface area (Å²) in [6.45, 7) is 2.20. The third-order valence-corrected chi connectivity index (χ3v) is 3.55. The molecule has 0 aromatic heterocycles. The average Bonchev–Trinajstić information content (AvgIpc) is 2.49. The first-order valence-corrected chi connectivity index (χ1v) is 6.72. The van der Waals surface area contributed by atoms with Gasteiger partial charge in [0.05, 0.1) is 12.7 Å². The van der Waals surface area contributed by atoms with E-state index in [1.54, 1.807) is 21.1 Å². The highest BCUT2D eigenvalue weighted by molar-refractivity contribution is 5.13. The van der Waals surface area contributed by atoms with E-state index in [1.807, 2.05) is 30.3 Å². The maximum Gasteiger partial charge on any atom is 0.186 e. The first kappa shape index (κ1) is 15.4. The molecule has 1 aliphatic rings. The molecule has 5 heteroatoms. The molecule has 1 heterocycles. The summed E-state index contributed by atoms with van der Waals surface area (Å²) in [5.74, 6) is 0. The van der Waals surface area contributed by atoms with Gasteiger partial charge in [0.2, 0.25) is 0 Å². The fourth-order valence-electron chi connectivity index (χ4n) is 2.38. The fourth-order valence-corrected chi connectivity index (χ4v) is 2.38. The smallest absolute Gasteiger partial charge is 0.186 e. The standard InChI is InChI=1S/C15H22O5/c1-10-12(16)13(14(17-2)15(18-3)20-10)19-9-11-7-5-4-6-8-11/h4-8,10,12-16H,9H2,1-3H3. The Balaban J connectivity index is 2.05. The Bertz CT molecular complexity index is 397. The molecule has 1 fully saturated rings. The van der Waals surface area contributed by atoms with Gasteiger partial charge >= 0.3 is 0 Å². The summed E-state index contributed by atoms with van der Waals surface area (Å²) in [5, 5.41) is 10.2. The summed E-state index contributed by atoms with van der Waals surface area (Å²) in [6.07, 6.45) is -2.62. The van der Waals surface area contributed by atoms with E-state index in [0.717, 1.165) is 5.56 Å². The van der Waals surface area contributed by atoms with E-state index >= 15 is 0 Å². The lowest BCUT2D eigenvalue weighted by molar-refractivity contribution is -0.300. The Morgan fingerprint density at radius 1 is 1.10 bits per heavy atom. The van der Waals surface area contributed by atoms with Crippen molar-refractivity contribution in [3.05, 3.63) is 35.9 Å². The Kier molecular flexibility index (Phi) is 5.51. The molecule has 1 aliphatic heterocycles. The van der Waals surface area contributed by atoms with Crippen LogP contribution in [0.3, 0.4) is 0 Å². The molecule has 1 saturated heterocycles. The van der Waals surface area contributed by atoms with Gasteiger partial charge in [-0.25, -0.2) is 0 Å². The molecule has 1 aromatic carbocycles. The number of aliphatic hydroxyl groups excluding tert-OH is 1. The van der Waals surface area contributed by atoms with E-state index in [-0.39, 0.29) is 6.10 Å². The molecule has 2 rings (SSSR count). The molecule has 5 unspecified atom stereocenters. The van der Waals surface area contributed by atoms with Crippen LogP contribution in [0.15, 0.2) is 30.3 Å². The van der Waals surface area contributed by atoms with Crippen molar-refractivity contribution < 1.29 is 24.1 Å². The second-order valence-electron chi connectivity index (χ2n) is 4.90. The van der Waals surface area contributed by atoms with Gasteiger partial charge in [-0.15, -0.1) is 0 Å². The molecular weight excluding hydrogens is 260 g/mol. The van der Waals surface area contributed by atoms with Crippen LogP contribution in [0.2, 0.25) is 0 Å². The zero-order chi connectivity index (χ0) is 14.5. The van der Waals surface area contributed by atoms with Crippen molar-refractivity contribution in [2.75, 3.05) is 14.2 Å². The first-order valence-electron chi connectivity index (χ1n) is 6.72. The van der Waals surface area contributed by atoms with Gasteiger partial charge in [0, 0.05) is 14.2 Å². The SMILES string of the molecule is COC1OC(C)C(O)C(OCc2ccccc2)C1OC. The van der Waals surface area contributed by atoms with E-state index in [9.17, 15) is 5.11 Å². The molecule has 112 valence electrons. The van der Waals surface area contributed by atoms with Crippen molar-refractivity contribution in [1.29, 1.82) is 0 Å². The third-order valence-electron chi connectivity index (χ3n) is 3.55. The predicted molar refractivity (Wildman–Crippen MR) is 73.2 cm³/mol. The molecule has 0 spiro atoms. The summed E-state index contributed by atoms with van der Waals surface area (Å²) in [5.41, 5.74) is 1.04. The summed E-state index contributed by atoms with van der Waals surface area (Å²) in [4.78, 5) is 0. The summed E-state index contributed by atoms with van der Waals surface area (Å²) >= 11 is 0. The Morgan fingerprint density at radius 2 is 1.80 bits per heavy atom. The fraction of sp³-hybridized carbons (Fsp3) is 0.600. The van der Waals surface area contributed by atoms with Crippen LogP contribution in [0.4, 0.5) is 0 Å². The molecule has 5 atom stereocenters. The average molecular weight is 282 g/mol. The number of methoxy groups -OCH3 is 2. The molecule has 0 bridgehead atoms. The van der Waals surface area contributed by atoms with Gasteiger partial charge in [-0.3, -0.25) is 0 Å². The zero-order valence-electron chi connectivity index (χ0n) is 12.1. The van der Waals surface area contributed by atoms with E-state index in [0.29, 0.717) is 6.61 Å².